The minimum Gasteiger partial charge on any atom is -0.397 e. The highest BCUT2D eigenvalue weighted by Gasteiger charge is 2.15. The molecule has 3 nitrogen and oxygen atoms in total. The second-order valence-corrected chi connectivity index (χ2v) is 4.96. The number of hydrogen-bond acceptors (Lipinski definition) is 2. The second-order valence-electron chi connectivity index (χ2n) is 4.96. The van der Waals surface area contributed by atoms with Crippen LogP contribution < -0.4 is 5.73 Å². The summed E-state index contributed by atoms with van der Waals surface area (Å²) in [7, 11) is 2.12. The van der Waals surface area contributed by atoms with Gasteiger partial charge in [0.2, 0.25) is 0 Å². The predicted molar refractivity (Wildman–Crippen MR) is 71.8 cm³/mol. The number of nitrogens with zero attached hydrogens (tertiary/aromatic N) is 2. The monoisotopic (exact) mass is 229 g/mol. The van der Waals surface area contributed by atoms with Crippen LogP contribution in [0.5, 0.6) is 0 Å². The summed E-state index contributed by atoms with van der Waals surface area (Å²) in [6.07, 6.45) is 2.68. The molecule has 0 saturated carbocycles. The molecule has 17 heavy (non-hydrogen) atoms. The maximum Gasteiger partial charge on any atom is 0.0713 e. The summed E-state index contributed by atoms with van der Waals surface area (Å²) < 4.78 is 2.24. The zero-order valence-corrected chi connectivity index (χ0v) is 10.3. The maximum atomic E-state index is 6.04. The standard InChI is InChI=1S/C14H19N3/c1-16-12(10-17-7-2-3-8-17)9-11-5-4-6-13(15)14(11)16/h4-6,9H,2-3,7-8,10,15H2,1H3. The van der Waals surface area contributed by atoms with E-state index in [4.69, 9.17) is 5.73 Å². The van der Waals surface area contributed by atoms with Gasteiger partial charge in [-0.2, -0.15) is 0 Å². The maximum absolute atomic E-state index is 6.04. The van der Waals surface area contributed by atoms with Crippen LogP contribution in [0.15, 0.2) is 24.3 Å². The molecule has 2 aromatic rings. The van der Waals surface area contributed by atoms with Gasteiger partial charge in [0.25, 0.3) is 0 Å². The van der Waals surface area contributed by atoms with E-state index in [0.717, 1.165) is 12.2 Å². The molecular weight excluding hydrogens is 210 g/mol. The van der Waals surface area contributed by atoms with Gasteiger partial charge in [0.05, 0.1) is 11.2 Å². The van der Waals surface area contributed by atoms with Crippen LogP contribution in [0, 0.1) is 0 Å². The van der Waals surface area contributed by atoms with E-state index in [-0.39, 0.29) is 0 Å². The molecule has 0 bridgehead atoms. The van der Waals surface area contributed by atoms with Gasteiger partial charge in [-0.05, 0) is 38.1 Å². The SMILES string of the molecule is Cn1c(CN2CCCC2)cc2cccc(N)c21. The summed E-state index contributed by atoms with van der Waals surface area (Å²) in [5.74, 6) is 0. The summed E-state index contributed by atoms with van der Waals surface area (Å²) in [6.45, 7) is 3.51. The number of aromatic nitrogens is 1. The molecule has 3 rings (SSSR count). The summed E-state index contributed by atoms with van der Waals surface area (Å²) in [5.41, 5.74) is 9.45. The number of nitrogens with two attached hydrogens (primary N) is 1. The van der Waals surface area contributed by atoms with E-state index in [1.165, 1.54) is 42.5 Å². The third-order valence-electron chi connectivity index (χ3n) is 3.77. The highest BCUT2D eigenvalue weighted by atomic mass is 15.2. The fraction of sp³-hybridized carbons (Fsp3) is 0.429. The molecule has 1 aromatic heterocycles. The van der Waals surface area contributed by atoms with Crippen LogP contribution >= 0.6 is 0 Å². The average Bonchev–Trinajstić information content (AvgIpc) is 2.90. The van der Waals surface area contributed by atoms with Gasteiger partial charge in [0, 0.05) is 24.7 Å². The molecule has 1 aliphatic rings. The van der Waals surface area contributed by atoms with Gasteiger partial charge in [-0.3, -0.25) is 4.90 Å². The Morgan fingerprint density at radius 2 is 2.00 bits per heavy atom. The van der Waals surface area contributed by atoms with Crippen LogP contribution in [-0.2, 0) is 13.6 Å². The van der Waals surface area contributed by atoms with E-state index in [1.54, 1.807) is 0 Å². The molecule has 0 spiro atoms. The van der Waals surface area contributed by atoms with Crippen molar-refractivity contribution in [3.8, 4) is 0 Å². The van der Waals surface area contributed by atoms with E-state index in [2.05, 4.69) is 28.6 Å². The Kier molecular flexibility index (Phi) is 2.56. The van der Waals surface area contributed by atoms with Crippen LogP contribution in [0.3, 0.4) is 0 Å². The van der Waals surface area contributed by atoms with Gasteiger partial charge in [-0.25, -0.2) is 0 Å². The Labute approximate surface area is 102 Å². The van der Waals surface area contributed by atoms with Crippen LogP contribution in [0.1, 0.15) is 18.5 Å². The lowest BCUT2D eigenvalue weighted by Gasteiger charge is -2.15. The number of rotatable bonds is 2. The quantitative estimate of drug-likeness (QED) is 0.802. The molecule has 1 saturated heterocycles. The number of nitrogen functional groups attached to an aromatic ring is 1. The molecule has 1 aromatic carbocycles. The number of likely N-dealkylation sites (tertiary alicyclic amines) is 1. The Bertz CT molecular complexity index is 536. The van der Waals surface area contributed by atoms with Crippen LogP contribution in [0.2, 0.25) is 0 Å². The lowest BCUT2D eigenvalue weighted by molar-refractivity contribution is 0.324. The van der Waals surface area contributed by atoms with Crippen molar-refractivity contribution in [3.05, 3.63) is 30.0 Å². The first-order chi connectivity index (χ1) is 8.25. The Morgan fingerprint density at radius 3 is 2.71 bits per heavy atom. The molecule has 2 N–H and O–H groups in total. The van der Waals surface area contributed by atoms with Gasteiger partial charge in [0.1, 0.15) is 0 Å². The molecule has 90 valence electrons. The molecule has 1 fully saturated rings. The molecule has 1 aliphatic heterocycles. The van der Waals surface area contributed by atoms with Gasteiger partial charge < -0.3 is 10.3 Å². The van der Waals surface area contributed by atoms with Crippen molar-refractivity contribution < 1.29 is 0 Å². The zero-order valence-electron chi connectivity index (χ0n) is 10.3. The Morgan fingerprint density at radius 1 is 1.24 bits per heavy atom. The summed E-state index contributed by atoms with van der Waals surface area (Å²) in [5, 5.41) is 1.25. The van der Waals surface area contributed by atoms with Crippen molar-refractivity contribution in [2.45, 2.75) is 19.4 Å². The third kappa shape index (κ3) is 1.80. The van der Waals surface area contributed by atoms with Crippen molar-refractivity contribution in [1.82, 2.24) is 9.47 Å². The molecule has 0 atom stereocenters. The van der Waals surface area contributed by atoms with Gasteiger partial charge in [-0.15, -0.1) is 0 Å². The highest BCUT2D eigenvalue weighted by Crippen LogP contribution is 2.25. The first kappa shape index (κ1) is 10.7. The fourth-order valence-corrected chi connectivity index (χ4v) is 2.83. The van der Waals surface area contributed by atoms with Crippen molar-refractivity contribution in [3.63, 3.8) is 0 Å². The molecular formula is C14H19N3. The van der Waals surface area contributed by atoms with Crippen molar-refractivity contribution in [1.29, 1.82) is 0 Å². The van der Waals surface area contributed by atoms with E-state index in [1.807, 2.05) is 12.1 Å². The lowest BCUT2D eigenvalue weighted by atomic mass is 10.2. The second kappa shape index (κ2) is 4.08. The third-order valence-corrected chi connectivity index (χ3v) is 3.77. The number of para-hydroxylation sites is 1. The van der Waals surface area contributed by atoms with E-state index in [9.17, 15) is 0 Å². The van der Waals surface area contributed by atoms with Crippen LogP contribution in [-0.4, -0.2) is 22.6 Å². The number of benzene rings is 1. The van der Waals surface area contributed by atoms with Crippen LogP contribution in [0.4, 0.5) is 5.69 Å². The minimum absolute atomic E-state index is 0.873. The molecule has 3 heteroatoms. The average molecular weight is 229 g/mol. The lowest BCUT2D eigenvalue weighted by Crippen LogP contribution is -2.19. The summed E-state index contributed by atoms with van der Waals surface area (Å²) in [6, 6.07) is 8.41. The number of aryl methyl sites for hydroxylation is 1. The Balaban J connectivity index is 1.99. The summed E-state index contributed by atoms with van der Waals surface area (Å²) >= 11 is 0. The normalized spacial score (nSPS) is 17.0. The Hall–Kier alpha value is -1.48. The van der Waals surface area contributed by atoms with E-state index in [0.29, 0.717) is 0 Å². The molecule has 0 amide bonds. The fourth-order valence-electron chi connectivity index (χ4n) is 2.83. The van der Waals surface area contributed by atoms with Gasteiger partial charge >= 0.3 is 0 Å². The molecule has 0 unspecified atom stereocenters. The van der Waals surface area contributed by atoms with Crippen molar-refractivity contribution in [2.24, 2.45) is 7.05 Å². The number of fused-ring (bicyclic) bond motifs is 1. The minimum atomic E-state index is 0.873. The van der Waals surface area contributed by atoms with E-state index >= 15 is 0 Å². The topological polar surface area (TPSA) is 34.2 Å². The van der Waals surface area contributed by atoms with Gasteiger partial charge in [-0.1, -0.05) is 12.1 Å². The van der Waals surface area contributed by atoms with Crippen molar-refractivity contribution in [2.75, 3.05) is 18.8 Å². The first-order valence-corrected chi connectivity index (χ1v) is 6.31. The van der Waals surface area contributed by atoms with E-state index < -0.39 is 0 Å². The first-order valence-electron chi connectivity index (χ1n) is 6.31. The summed E-state index contributed by atoms with van der Waals surface area (Å²) in [4.78, 5) is 2.52. The molecule has 2 heterocycles. The highest BCUT2D eigenvalue weighted by molar-refractivity contribution is 5.91. The van der Waals surface area contributed by atoms with Crippen LogP contribution in [0.25, 0.3) is 10.9 Å². The van der Waals surface area contributed by atoms with Gasteiger partial charge in [0.15, 0.2) is 0 Å². The number of anilines is 1. The number of hydrogen-bond donors (Lipinski definition) is 1. The van der Waals surface area contributed by atoms with Crippen molar-refractivity contribution >= 4 is 16.6 Å². The zero-order chi connectivity index (χ0) is 11.8. The largest absolute Gasteiger partial charge is 0.397 e. The smallest absolute Gasteiger partial charge is 0.0713 e. The predicted octanol–water partition coefficient (Wildman–Crippen LogP) is 2.36. The molecule has 0 aliphatic carbocycles. The molecule has 0 radical (unpaired) electrons.